The first-order valence-corrected chi connectivity index (χ1v) is 9.03. The van der Waals surface area contributed by atoms with Gasteiger partial charge in [-0.05, 0) is 43.2 Å². The molecule has 7 heteroatoms. The van der Waals surface area contributed by atoms with E-state index in [1.54, 1.807) is 13.1 Å². The zero-order valence-electron chi connectivity index (χ0n) is 16.4. The number of fused-ring (bicyclic) bond motifs is 1. The molecule has 0 aromatic heterocycles. The summed E-state index contributed by atoms with van der Waals surface area (Å²) in [7, 11) is 4.06. The number of allylic oxidation sites excluding steroid dienone is 1. The van der Waals surface area contributed by atoms with E-state index in [0.717, 1.165) is 31.9 Å². The Hall–Kier alpha value is -2.09. The largest absolute Gasteiger partial charge is 0.508 e. The number of aromatic hydroxyl groups is 2. The standard InChI is InChI=1S/C19H27NO5.CH4O/c1-20(24-2)19(23)10-14-7-5-3-4-6-8-25-13-17-15(9-14)11-16(21)12-18(17)22;1-2/h3-4,11-12,14,21-22H,5-10,13H2,1-2H3;2H,1H3/b4-3+;. The van der Waals surface area contributed by atoms with Gasteiger partial charge in [0.05, 0.1) is 20.3 Å². The van der Waals surface area contributed by atoms with Crippen LogP contribution in [0.1, 0.15) is 36.8 Å². The third-order valence-electron chi connectivity index (χ3n) is 4.48. The number of phenolic OH excluding ortho intramolecular Hbond substituents is 2. The summed E-state index contributed by atoms with van der Waals surface area (Å²) in [5.74, 6) is 0.0314. The highest BCUT2D eigenvalue weighted by Gasteiger charge is 2.20. The lowest BCUT2D eigenvalue weighted by Gasteiger charge is -2.22. The molecule has 7 nitrogen and oxygen atoms in total. The molecule has 0 saturated heterocycles. The quantitative estimate of drug-likeness (QED) is 0.550. The van der Waals surface area contributed by atoms with Crippen LogP contribution in [-0.2, 0) is 27.4 Å². The number of amides is 1. The average Bonchev–Trinajstić information content (AvgIpc) is 2.64. The van der Waals surface area contributed by atoms with Gasteiger partial charge in [-0.15, -0.1) is 0 Å². The van der Waals surface area contributed by atoms with E-state index in [0.29, 0.717) is 25.0 Å². The number of hydrogen-bond acceptors (Lipinski definition) is 6. The van der Waals surface area contributed by atoms with Crippen LogP contribution < -0.4 is 0 Å². The number of benzene rings is 1. The molecule has 1 amide bonds. The highest BCUT2D eigenvalue weighted by Crippen LogP contribution is 2.31. The van der Waals surface area contributed by atoms with Crippen molar-refractivity contribution in [2.75, 3.05) is 27.9 Å². The molecule has 0 radical (unpaired) electrons. The Morgan fingerprint density at radius 2 is 1.96 bits per heavy atom. The SMILES string of the molecule is CO.CON(C)C(=O)CC1CC/C=C/CCOCc2c(O)cc(O)cc2C1. The number of phenols is 2. The number of carbonyl (C=O) groups excluding carboxylic acids is 1. The second-order valence-corrected chi connectivity index (χ2v) is 6.34. The molecule has 152 valence electrons. The van der Waals surface area contributed by atoms with Crippen molar-refractivity contribution in [1.82, 2.24) is 5.06 Å². The second-order valence-electron chi connectivity index (χ2n) is 6.34. The summed E-state index contributed by atoms with van der Waals surface area (Å²) in [5.41, 5.74) is 1.50. The molecule has 1 aliphatic heterocycles. The van der Waals surface area contributed by atoms with E-state index in [-0.39, 0.29) is 29.9 Å². The van der Waals surface area contributed by atoms with Crippen molar-refractivity contribution in [2.24, 2.45) is 5.92 Å². The average molecular weight is 381 g/mol. The van der Waals surface area contributed by atoms with Crippen molar-refractivity contribution in [3.8, 4) is 11.5 Å². The molecule has 27 heavy (non-hydrogen) atoms. The van der Waals surface area contributed by atoms with Crippen LogP contribution in [0.4, 0.5) is 0 Å². The van der Waals surface area contributed by atoms with Crippen LogP contribution in [0.3, 0.4) is 0 Å². The minimum Gasteiger partial charge on any atom is -0.508 e. The summed E-state index contributed by atoms with van der Waals surface area (Å²) in [5, 5.41) is 28.3. The molecule has 0 bridgehead atoms. The first-order chi connectivity index (χ1) is 13.0. The van der Waals surface area contributed by atoms with Gasteiger partial charge in [0.15, 0.2) is 0 Å². The molecule has 1 heterocycles. The Morgan fingerprint density at radius 3 is 2.67 bits per heavy atom. The van der Waals surface area contributed by atoms with E-state index in [9.17, 15) is 15.0 Å². The molecule has 3 N–H and O–H groups in total. The number of hydroxylamine groups is 2. The Bertz CT molecular complexity index is 617. The summed E-state index contributed by atoms with van der Waals surface area (Å²) in [6, 6.07) is 2.98. The van der Waals surface area contributed by atoms with E-state index < -0.39 is 0 Å². The van der Waals surface area contributed by atoms with Gasteiger partial charge in [-0.3, -0.25) is 9.63 Å². The monoisotopic (exact) mass is 381 g/mol. The Morgan fingerprint density at radius 1 is 1.26 bits per heavy atom. The minimum atomic E-state index is -0.0919. The number of rotatable bonds is 3. The number of nitrogens with zero attached hydrogens (tertiary/aromatic N) is 1. The predicted molar refractivity (Wildman–Crippen MR) is 102 cm³/mol. The summed E-state index contributed by atoms with van der Waals surface area (Å²) < 4.78 is 5.64. The Labute approximate surface area is 160 Å². The third kappa shape index (κ3) is 7.58. The van der Waals surface area contributed by atoms with Crippen LogP contribution in [0.2, 0.25) is 0 Å². The normalized spacial score (nSPS) is 18.7. The van der Waals surface area contributed by atoms with Crippen LogP contribution in [0, 0.1) is 5.92 Å². The van der Waals surface area contributed by atoms with Gasteiger partial charge in [0.1, 0.15) is 11.5 Å². The molecular weight excluding hydrogens is 350 g/mol. The summed E-state index contributed by atoms with van der Waals surface area (Å²) in [4.78, 5) is 17.2. The fourth-order valence-corrected chi connectivity index (χ4v) is 3.01. The minimum absolute atomic E-state index is 0.0160. The van der Waals surface area contributed by atoms with Gasteiger partial charge < -0.3 is 20.1 Å². The number of aliphatic hydroxyl groups is 1. The molecule has 1 aromatic carbocycles. The molecule has 1 unspecified atom stereocenters. The Kier molecular flexibility index (Phi) is 10.5. The highest BCUT2D eigenvalue weighted by atomic mass is 16.7. The van der Waals surface area contributed by atoms with Gasteiger partial charge in [0.25, 0.3) is 0 Å². The lowest BCUT2D eigenvalue weighted by Crippen LogP contribution is -2.28. The molecular formula is C20H31NO6. The topological polar surface area (TPSA) is 99.5 Å². The lowest BCUT2D eigenvalue weighted by atomic mass is 9.89. The molecule has 1 atom stereocenters. The third-order valence-corrected chi connectivity index (χ3v) is 4.48. The molecule has 0 spiro atoms. The van der Waals surface area contributed by atoms with Gasteiger partial charge in [-0.1, -0.05) is 12.2 Å². The van der Waals surface area contributed by atoms with Gasteiger partial charge in [-0.2, -0.15) is 0 Å². The zero-order chi connectivity index (χ0) is 20.2. The van der Waals surface area contributed by atoms with E-state index in [4.69, 9.17) is 14.7 Å². The predicted octanol–water partition coefficient (Wildman–Crippen LogP) is 2.53. The van der Waals surface area contributed by atoms with Crippen LogP contribution in [0.25, 0.3) is 0 Å². The number of aliphatic hydroxyl groups excluding tert-OH is 1. The maximum atomic E-state index is 12.2. The summed E-state index contributed by atoms with van der Waals surface area (Å²) in [6.45, 7) is 0.866. The number of hydrogen-bond donors (Lipinski definition) is 3. The van der Waals surface area contributed by atoms with Crippen molar-refractivity contribution in [1.29, 1.82) is 0 Å². The van der Waals surface area contributed by atoms with Crippen molar-refractivity contribution < 1.29 is 29.7 Å². The number of carbonyl (C=O) groups is 1. The lowest BCUT2D eigenvalue weighted by molar-refractivity contribution is -0.169. The van der Waals surface area contributed by atoms with E-state index in [2.05, 4.69) is 12.2 Å². The van der Waals surface area contributed by atoms with Crippen LogP contribution >= 0.6 is 0 Å². The molecule has 2 rings (SSSR count). The van der Waals surface area contributed by atoms with Crippen molar-refractivity contribution >= 4 is 5.91 Å². The van der Waals surface area contributed by atoms with Crippen LogP contribution in [-0.4, -0.2) is 54.2 Å². The maximum absolute atomic E-state index is 12.2. The smallest absolute Gasteiger partial charge is 0.246 e. The first-order valence-electron chi connectivity index (χ1n) is 9.03. The molecule has 0 aliphatic carbocycles. The van der Waals surface area contributed by atoms with Gasteiger partial charge in [-0.25, -0.2) is 5.06 Å². The van der Waals surface area contributed by atoms with Crippen LogP contribution in [0.5, 0.6) is 11.5 Å². The van der Waals surface area contributed by atoms with Crippen LogP contribution in [0.15, 0.2) is 24.3 Å². The van der Waals surface area contributed by atoms with Crippen molar-refractivity contribution in [3.05, 3.63) is 35.4 Å². The fraction of sp³-hybridized carbons (Fsp3) is 0.550. The second kappa shape index (κ2) is 12.3. The number of ether oxygens (including phenoxy) is 1. The van der Waals surface area contributed by atoms with E-state index in [1.165, 1.54) is 18.2 Å². The molecule has 0 saturated carbocycles. The summed E-state index contributed by atoms with van der Waals surface area (Å²) in [6.07, 6.45) is 7.64. The molecule has 1 aromatic rings. The maximum Gasteiger partial charge on any atom is 0.246 e. The summed E-state index contributed by atoms with van der Waals surface area (Å²) >= 11 is 0. The first kappa shape index (κ1) is 23.0. The van der Waals surface area contributed by atoms with Gasteiger partial charge >= 0.3 is 0 Å². The fourth-order valence-electron chi connectivity index (χ4n) is 3.01. The molecule has 1 aliphatic rings. The van der Waals surface area contributed by atoms with Crippen molar-refractivity contribution in [2.45, 2.75) is 38.7 Å². The van der Waals surface area contributed by atoms with E-state index >= 15 is 0 Å². The van der Waals surface area contributed by atoms with Gasteiger partial charge in [0, 0.05) is 32.2 Å². The van der Waals surface area contributed by atoms with E-state index in [1.807, 2.05) is 0 Å². The highest BCUT2D eigenvalue weighted by molar-refractivity contribution is 5.75. The van der Waals surface area contributed by atoms with Crippen molar-refractivity contribution in [3.63, 3.8) is 0 Å². The molecule has 0 fully saturated rings. The Balaban J connectivity index is 0.00000176. The van der Waals surface area contributed by atoms with Gasteiger partial charge in [0.2, 0.25) is 5.91 Å². The zero-order valence-corrected chi connectivity index (χ0v) is 16.4.